The van der Waals surface area contributed by atoms with Gasteiger partial charge in [0.25, 0.3) is 0 Å². The molecule has 0 spiro atoms. The minimum Gasteiger partial charge on any atom is -0.0623 e. The van der Waals surface area contributed by atoms with E-state index in [1.807, 2.05) is 0 Å². The first-order valence-corrected chi connectivity index (χ1v) is 30.6. The van der Waals surface area contributed by atoms with E-state index in [0.717, 1.165) is 0 Å². The molecule has 2 heterocycles. The first-order valence-electron chi connectivity index (χ1n) is 26.6. The molecule has 15 rings (SSSR count). The molecule has 0 aromatic heterocycles. The van der Waals surface area contributed by atoms with Gasteiger partial charge < -0.3 is 0 Å². The molecule has 0 N–H and O–H groups in total. The number of rotatable bonds is 8. The SMILES string of the molecule is c1ccc(-c2ccccc2-c2c3cccc(-c4cccc5c4-c4ccccc4[Si]5(c4ccccc4)c4ccccc4)c3cc3c(-c4cccc5c4-c4ccccc4[Si]5(c4ccccc4)c4ccccc4)cccc23)cc1. The fourth-order valence-corrected chi connectivity index (χ4v) is 24.3. The molecule has 13 aromatic rings. The lowest BCUT2D eigenvalue weighted by Crippen LogP contribution is -2.72. The van der Waals surface area contributed by atoms with Crippen molar-refractivity contribution in [3.63, 3.8) is 0 Å². The Morgan fingerprint density at radius 1 is 0.171 bits per heavy atom. The highest BCUT2D eigenvalue weighted by molar-refractivity contribution is 7.23. The van der Waals surface area contributed by atoms with Crippen LogP contribution in [0.25, 0.3) is 88.3 Å². The van der Waals surface area contributed by atoms with E-state index in [-0.39, 0.29) is 0 Å². The van der Waals surface area contributed by atoms with Gasteiger partial charge in [0.05, 0.1) is 0 Å². The zero-order valence-electron chi connectivity index (χ0n) is 41.9. The van der Waals surface area contributed by atoms with Gasteiger partial charge >= 0.3 is 0 Å². The summed E-state index contributed by atoms with van der Waals surface area (Å²) in [5, 5.41) is 16.4. The monoisotopic (exact) mass is 994 g/mol. The normalized spacial score (nSPS) is 13.5. The molecule has 0 atom stereocenters. The molecule has 2 aliphatic rings. The van der Waals surface area contributed by atoms with Gasteiger partial charge in [0.2, 0.25) is 0 Å². The molecule has 0 nitrogen and oxygen atoms in total. The smallest absolute Gasteiger partial charge is 0.0623 e. The maximum Gasteiger partial charge on any atom is 0.180 e. The largest absolute Gasteiger partial charge is 0.180 e. The molecule has 0 saturated heterocycles. The van der Waals surface area contributed by atoms with E-state index in [1.165, 1.54) is 130 Å². The van der Waals surface area contributed by atoms with Crippen molar-refractivity contribution >= 4 is 79.2 Å². The molecule has 0 unspecified atom stereocenters. The van der Waals surface area contributed by atoms with Crippen LogP contribution in [0.5, 0.6) is 0 Å². The summed E-state index contributed by atoms with van der Waals surface area (Å²) in [5.74, 6) is 0. The average Bonchev–Trinajstić information content (AvgIpc) is 4.20. The van der Waals surface area contributed by atoms with Crippen molar-refractivity contribution in [2.75, 3.05) is 0 Å². The van der Waals surface area contributed by atoms with Crippen LogP contribution in [0, 0.1) is 0 Å². The first kappa shape index (κ1) is 44.3. The third kappa shape index (κ3) is 6.35. The molecular weight excluding hydrogens is 945 g/mol. The predicted molar refractivity (Wildman–Crippen MR) is 328 cm³/mol. The average molecular weight is 995 g/mol. The maximum atomic E-state index is 2.56. The highest BCUT2D eigenvalue weighted by Crippen LogP contribution is 2.48. The van der Waals surface area contributed by atoms with Crippen molar-refractivity contribution in [3.05, 3.63) is 303 Å². The van der Waals surface area contributed by atoms with Gasteiger partial charge in [0.15, 0.2) is 16.1 Å². The number of fused-ring (bicyclic) bond motifs is 8. The van der Waals surface area contributed by atoms with Crippen LogP contribution < -0.4 is 41.5 Å². The van der Waals surface area contributed by atoms with Gasteiger partial charge in [-0.25, -0.2) is 0 Å². The van der Waals surface area contributed by atoms with Crippen molar-refractivity contribution in [1.82, 2.24) is 0 Å². The summed E-state index contributed by atoms with van der Waals surface area (Å²) in [5.41, 5.74) is 15.3. The predicted octanol–water partition coefficient (Wildman–Crippen LogP) is 13.4. The van der Waals surface area contributed by atoms with Crippen LogP contribution in [0.3, 0.4) is 0 Å². The fourth-order valence-electron chi connectivity index (χ4n) is 13.9. The summed E-state index contributed by atoms with van der Waals surface area (Å²) in [4.78, 5) is 0. The van der Waals surface area contributed by atoms with E-state index in [9.17, 15) is 0 Å². The Morgan fingerprint density at radius 3 is 0.895 bits per heavy atom. The topological polar surface area (TPSA) is 0 Å². The lowest BCUT2D eigenvalue weighted by atomic mass is 9.82. The third-order valence-electron chi connectivity index (χ3n) is 16.9. The molecule has 0 fully saturated rings. The van der Waals surface area contributed by atoms with Crippen LogP contribution in [0.1, 0.15) is 0 Å². The Hall–Kier alpha value is -9.19. The molecule has 0 aliphatic carbocycles. The zero-order chi connectivity index (χ0) is 50.2. The molecule has 0 amide bonds. The summed E-state index contributed by atoms with van der Waals surface area (Å²) in [7, 11) is -5.52. The number of benzene rings is 13. The van der Waals surface area contributed by atoms with E-state index < -0.39 is 16.1 Å². The summed E-state index contributed by atoms with van der Waals surface area (Å²) in [6.07, 6.45) is 0. The molecule has 2 heteroatoms. The van der Waals surface area contributed by atoms with Gasteiger partial charge in [-0.05, 0) is 136 Å². The quantitative estimate of drug-likeness (QED) is 0.105. The second-order valence-electron chi connectivity index (χ2n) is 20.5. The van der Waals surface area contributed by atoms with E-state index >= 15 is 0 Å². The van der Waals surface area contributed by atoms with Crippen LogP contribution in [0.2, 0.25) is 0 Å². The molecule has 0 saturated carbocycles. The second kappa shape index (κ2) is 17.7. The fraction of sp³-hybridized carbons (Fsp3) is 0. The van der Waals surface area contributed by atoms with E-state index in [4.69, 9.17) is 0 Å². The van der Waals surface area contributed by atoms with Gasteiger partial charge in [-0.3, -0.25) is 0 Å². The van der Waals surface area contributed by atoms with Crippen LogP contribution in [-0.4, -0.2) is 16.1 Å². The van der Waals surface area contributed by atoms with Gasteiger partial charge in [0.1, 0.15) is 0 Å². The van der Waals surface area contributed by atoms with Crippen molar-refractivity contribution in [2.45, 2.75) is 0 Å². The van der Waals surface area contributed by atoms with Gasteiger partial charge in [-0.15, -0.1) is 0 Å². The van der Waals surface area contributed by atoms with Crippen molar-refractivity contribution in [3.8, 4) is 66.8 Å². The van der Waals surface area contributed by atoms with Crippen LogP contribution >= 0.6 is 0 Å². The Balaban J connectivity index is 1.06. The molecular formula is C74H50Si2. The van der Waals surface area contributed by atoms with Gasteiger partial charge in [-0.2, -0.15) is 0 Å². The summed E-state index contributed by atoms with van der Waals surface area (Å²) < 4.78 is 0. The zero-order valence-corrected chi connectivity index (χ0v) is 43.9. The lowest BCUT2D eigenvalue weighted by molar-refractivity contribution is 1.60. The van der Waals surface area contributed by atoms with E-state index in [0.29, 0.717) is 0 Å². The summed E-state index contributed by atoms with van der Waals surface area (Å²) in [6, 6.07) is 115. The van der Waals surface area contributed by atoms with Crippen molar-refractivity contribution < 1.29 is 0 Å². The molecule has 0 radical (unpaired) electrons. The molecule has 2 aliphatic heterocycles. The summed E-state index contributed by atoms with van der Waals surface area (Å²) >= 11 is 0. The number of hydrogen-bond acceptors (Lipinski definition) is 0. The number of hydrogen-bond donors (Lipinski definition) is 0. The van der Waals surface area contributed by atoms with Crippen LogP contribution in [0.15, 0.2) is 303 Å². The molecule has 0 bridgehead atoms. The van der Waals surface area contributed by atoms with E-state index in [1.54, 1.807) is 0 Å². The highest BCUT2D eigenvalue weighted by Gasteiger charge is 2.51. The Kier molecular flexibility index (Phi) is 10.3. The van der Waals surface area contributed by atoms with Gasteiger partial charge in [-0.1, -0.05) is 297 Å². The minimum absolute atomic E-state index is 1.21. The molecule has 354 valence electrons. The molecule has 76 heavy (non-hydrogen) atoms. The van der Waals surface area contributed by atoms with Gasteiger partial charge in [0, 0.05) is 0 Å². The van der Waals surface area contributed by atoms with Crippen LogP contribution in [-0.2, 0) is 0 Å². The Morgan fingerprint density at radius 2 is 0.474 bits per heavy atom. The highest BCUT2D eigenvalue weighted by atomic mass is 28.3. The third-order valence-corrected chi connectivity index (χ3v) is 26.6. The summed E-state index contributed by atoms with van der Waals surface area (Å²) in [6.45, 7) is 0. The lowest BCUT2D eigenvalue weighted by Gasteiger charge is -2.31. The Bertz CT molecular complexity index is 4060. The first-order chi connectivity index (χ1) is 37.8. The minimum atomic E-state index is -2.76. The molecule has 13 aromatic carbocycles. The van der Waals surface area contributed by atoms with E-state index in [2.05, 4.69) is 303 Å². The Labute approximate surface area is 446 Å². The standard InChI is InChI=1S/C74H50Si2/c1-6-26-51(27-7-1)56-36-16-17-37-59(56)72-62-42-22-40-57(60-44-24-48-70-73(60)64-38-18-20-46-68(64)75(70,52-28-8-2-9-29-52)53-30-10-3-11-31-53)66(62)50-67-58(41-23-43-63(67)72)61-45-25-49-71-74(61)65-39-19-21-47-69(65)76(71,54-32-12-4-13-33-54)55-34-14-5-15-35-55/h1-50H. The van der Waals surface area contributed by atoms with Crippen LogP contribution in [0.4, 0.5) is 0 Å². The second-order valence-corrected chi connectivity index (χ2v) is 27.9. The maximum absolute atomic E-state index is 2.76. The van der Waals surface area contributed by atoms with Crippen molar-refractivity contribution in [1.29, 1.82) is 0 Å². The van der Waals surface area contributed by atoms with Crippen molar-refractivity contribution in [2.24, 2.45) is 0 Å².